The maximum absolute atomic E-state index is 12.4. The molecule has 0 aliphatic carbocycles. The first-order chi connectivity index (χ1) is 12.0. The van der Waals surface area contributed by atoms with Crippen LogP contribution in [-0.2, 0) is 4.79 Å². The first-order valence-corrected chi connectivity index (χ1v) is 9.42. The number of nitrogens with zero attached hydrogens (tertiary/aromatic N) is 3. The molecule has 0 bridgehead atoms. The quantitative estimate of drug-likeness (QED) is 0.761. The Morgan fingerprint density at radius 2 is 1.92 bits per heavy atom. The van der Waals surface area contributed by atoms with E-state index in [0.717, 1.165) is 24.4 Å². The van der Waals surface area contributed by atoms with Crippen molar-refractivity contribution in [3.8, 4) is 17.2 Å². The van der Waals surface area contributed by atoms with Crippen molar-refractivity contribution >= 4 is 17.7 Å². The van der Waals surface area contributed by atoms with Crippen molar-refractivity contribution in [2.24, 2.45) is 11.8 Å². The Kier molecular flexibility index (Phi) is 5.63. The highest BCUT2D eigenvalue weighted by Gasteiger charge is 2.25. The molecule has 0 saturated carbocycles. The van der Waals surface area contributed by atoms with Crippen LogP contribution in [0.2, 0.25) is 0 Å². The third-order valence-electron chi connectivity index (χ3n) is 4.28. The van der Waals surface area contributed by atoms with Gasteiger partial charge in [0.25, 0.3) is 5.22 Å². The van der Waals surface area contributed by atoms with Gasteiger partial charge in [-0.2, -0.15) is 0 Å². The van der Waals surface area contributed by atoms with Crippen LogP contribution >= 0.6 is 11.8 Å². The van der Waals surface area contributed by atoms with Crippen LogP contribution in [0.25, 0.3) is 11.5 Å². The minimum Gasteiger partial charge on any atom is -0.497 e. The van der Waals surface area contributed by atoms with E-state index in [2.05, 4.69) is 24.0 Å². The summed E-state index contributed by atoms with van der Waals surface area (Å²) in [5.41, 5.74) is 0.824. The Bertz CT molecular complexity index is 707. The molecule has 0 radical (unpaired) electrons. The summed E-state index contributed by atoms with van der Waals surface area (Å²) >= 11 is 1.29. The van der Waals surface area contributed by atoms with Crippen molar-refractivity contribution in [2.75, 3.05) is 26.0 Å². The molecular formula is C18H23N3O3S. The molecule has 2 unspecified atom stereocenters. The lowest BCUT2D eigenvalue weighted by Crippen LogP contribution is -2.43. The number of aromatic nitrogens is 2. The van der Waals surface area contributed by atoms with Gasteiger partial charge in [-0.05, 0) is 42.5 Å². The molecule has 7 heteroatoms. The van der Waals surface area contributed by atoms with Gasteiger partial charge < -0.3 is 14.1 Å². The van der Waals surface area contributed by atoms with Crippen LogP contribution in [0.4, 0.5) is 0 Å². The largest absolute Gasteiger partial charge is 0.497 e. The lowest BCUT2D eigenvalue weighted by molar-refractivity contribution is -0.130. The predicted molar refractivity (Wildman–Crippen MR) is 96.5 cm³/mol. The van der Waals surface area contributed by atoms with Gasteiger partial charge in [-0.15, -0.1) is 10.2 Å². The number of thioether (sulfide) groups is 1. The first-order valence-electron chi connectivity index (χ1n) is 8.43. The normalized spacial score (nSPS) is 20.5. The van der Waals surface area contributed by atoms with Crippen LogP contribution in [0.3, 0.4) is 0 Å². The Hall–Kier alpha value is -2.02. The molecule has 6 nitrogen and oxygen atoms in total. The van der Waals surface area contributed by atoms with Crippen LogP contribution in [0.5, 0.6) is 5.75 Å². The lowest BCUT2D eigenvalue weighted by atomic mass is 9.92. The third kappa shape index (κ3) is 4.54. The Labute approximate surface area is 151 Å². The molecule has 2 heterocycles. The number of carbonyl (C=O) groups is 1. The molecule has 25 heavy (non-hydrogen) atoms. The van der Waals surface area contributed by atoms with E-state index < -0.39 is 0 Å². The maximum Gasteiger partial charge on any atom is 0.277 e. The zero-order chi connectivity index (χ0) is 17.8. The van der Waals surface area contributed by atoms with Gasteiger partial charge in [-0.3, -0.25) is 4.79 Å². The Balaban J connectivity index is 1.57. The molecule has 2 aromatic rings. The standard InChI is InChI=1S/C18H23N3O3S/c1-12-8-13(2)10-21(9-12)16(22)11-25-18-20-19-17(24-18)14-4-6-15(23-3)7-5-14/h4-7,12-13H,8-11H2,1-3H3. The molecule has 1 amide bonds. The number of carbonyl (C=O) groups excluding carboxylic acids is 1. The predicted octanol–water partition coefficient (Wildman–Crippen LogP) is 3.34. The molecule has 2 atom stereocenters. The van der Waals surface area contributed by atoms with Gasteiger partial charge in [0.2, 0.25) is 11.8 Å². The molecule has 1 fully saturated rings. The van der Waals surface area contributed by atoms with Gasteiger partial charge >= 0.3 is 0 Å². The van der Waals surface area contributed by atoms with Gasteiger partial charge in [0.1, 0.15) is 5.75 Å². The zero-order valence-corrected chi connectivity index (χ0v) is 15.6. The van der Waals surface area contributed by atoms with Crippen molar-refractivity contribution in [1.82, 2.24) is 15.1 Å². The van der Waals surface area contributed by atoms with Crippen LogP contribution in [-0.4, -0.2) is 47.0 Å². The van der Waals surface area contributed by atoms with Gasteiger partial charge in [-0.1, -0.05) is 25.6 Å². The first kappa shape index (κ1) is 17.8. The average Bonchev–Trinajstić information content (AvgIpc) is 3.08. The highest BCUT2D eigenvalue weighted by Crippen LogP contribution is 2.26. The summed E-state index contributed by atoms with van der Waals surface area (Å²) < 4.78 is 10.8. The van der Waals surface area contributed by atoms with Crippen LogP contribution in [0, 0.1) is 11.8 Å². The van der Waals surface area contributed by atoms with E-state index in [1.165, 1.54) is 18.2 Å². The summed E-state index contributed by atoms with van der Waals surface area (Å²) in [7, 11) is 1.62. The summed E-state index contributed by atoms with van der Waals surface area (Å²) in [5.74, 6) is 2.79. The van der Waals surface area contributed by atoms with Crippen molar-refractivity contribution in [2.45, 2.75) is 25.5 Å². The molecule has 0 spiro atoms. The minimum absolute atomic E-state index is 0.132. The van der Waals surface area contributed by atoms with Crippen molar-refractivity contribution in [3.63, 3.8) is 0 Å². The molecule has 1 aliphatic heterocycles. The molecule has 1 aromatic carbocycles. The average molecular weight is 361 g/mol. The topological polar surface area (TPSA) is 68.5 Å². The summed E-state index contributed by atoms with van der Waals surface area (Å²) in [4.78, 5) is 14.4. The Morgan fingerprint density at radius 3 is 2.56 bits per heavy atom. The SMILES string of the molecule is COc1ccc(-c2nnc(SCC(=O)N3CC(C)CC(C)C3)o2)cc1. The maximum atomic E-state index is 12.4. The fraction of sp³-hybridized carbons (Fsp3) is 0.500. The number of amides is 1. The summed E-state index contributed by atoms with van der Waals surface area (Å²) in [6.45, 7) is 6.07. The number of ether oxygens (including phenoxy) is 1. The smallest absolute Gasteiger partial charge is 0.277 e. The molecule has 134 valence electrons. The van der Waals surface area contributed by atoms with E-state index in [1.54, 1.807) is 7.11 Å². The van der Waals surface area contributed by atoms with Crippen LogP contribution < -0.4 is 4.74 Å². The van der Waals surface area contributed by atoms with E-state index in [9.17, 15) is 4.79 Å². The second-order valence-corrected chi connectivity index (χ2v) is 7.56. The summed E-state index contributed by atoms with van der Waals surface area (Å²) in [5, 5.41) is 8.49. The fourth-order valence-corrected chi connectivity index (χ4v) is 3.87. The van der Waals surface area contributed by atoms with Gasteiger partial charge in [0, 0.05) is 18.7 Å². The van der Waals surface area contributed by atoms with Gasteiger partial charge in [0.05, 0.1) is 12.9 Å². The zero-order valence-electron chi connectivity index (χ0n) is 14.8. The van der Waals surface area contributed by atoms with E-state index in [0.29, 0.717) is 28.7 Å². The summed E-state index contributed by atoms with van der Waals surface area (Å²) in [6, 6.07) is 7.41. The lowest BCUT2D eigenvalue weighted by Gasteiger charge is -2.34. The van der Waals surface area contributed by atoms with Crippen molar-refractivity contribution in [1.29, 1.82) is 0 Å². The second kappa shape index (κ2) is 7.91. The molecule has 1 aromatic heterocycles. The number of rotatable bonds is 5. The number of likely N-dealkylation sites (tertiary alicyclic amines) is 1. The third-order valence-corrected chi connectivity index (χ3v) is 5.09. The molecule has 1 aliphatic rings. The number of hydrogen-bond donors (Lipinski definition) is 0. The highest BCUT2D eigenvalue weighted by molar-refractivity contribution is 7.99. The second-order valence-electron chi connectivity index (χ2n) is 6.64. The number of piperidine rings is 1. The number of methoxy groups -OCH3 is 1. The minimum atomic E-state index is 0.132. The monoisotopic (exact) mass is 361 g/mol. The molecule has 1 saturated heterocycles. The van der Waals surface area contributed by atoms with Crippen LogP contribution in [0.15, 0.2) is 33.9 Å². The van der Waals surface area contributed by atoms with E-state index in [4.69, 9.17) is 9.15 Å². The molecule has 3 rings (SSSR count). The molecule has 0 N–H and O–H groups in total. The van der Waals surface area contributed by atoms with Crippen LogP contribution in [0.1, 0.15) is 20.3 Å². The fourth-order valence-electron chi connectivity index (χ4n) is 3.20. The van der Waals surface area contributed by atoms with Crippen molar-refractivity contribution < 1.29 is 13.9 Å². The van der Waals surface area contributed by atoms with E-state index in [1.807, 2.05) is 29.2 Å². The van der Waals surface area contributed by atoms with Crippen molar-refractivity contribution in [3.05, 3.63) is 24.3 Å². The van der Waals surface area contributed by atoms with Gasteiger partial charge in [-0.25, -0.2) is 0 Å². The Morgan fingerprint density at radius 1 is 1.24 bits per heavy atom. The molecular weight excluding hydrogens is 338 g/mol. The number of benzene rings is 1. The number of hydrogen-bond acceptors (Lipinski definition) is 6. The highest BCUT2D eigenvalue weighted by atomic mass is 32.2. The van der Waals surface area contributed by atoms with E-state index >= 15 is 0 Å². The summed E-state index contributed by atoms with van der Waals surface area (Å²) in [6.07, 6.45) is 1.19. The van der Waals surface area contributed by atoms with Gasteiger partial charge in [0.15, 0.2) is 0 Å². The van der Waals surface area contributed by atoms with E-state index in [-0.39, 0.29) is 5.91 Å².